The molecule has 7 heavy (non-hydrogen) atoms. The molecule has 1 heteroatoms. The Bertz CT molecular complexity index is 58.6. The Morgan fingerprint density at radius 3 is 2.57 bits per heavy atom. The minimum absolute atomic E-state index is 0.0556. The van der Waals surface area contributed by atoms with Crippen molar-refractivity contribution in [2.75, 3.05) is 6.61 Å². The second kappa shape index (κ2) is 1.48. The van der Waals surface area contributed by atoms with Crippen LogP contribution in [0.1, 0.15) is 19.8 Å². The van der Waals surface area contributed by atoms with E-state index in [1.54, 1.807) is 0 Å². The molecule has 1 atom stereocenters. The van der Waals surface area contributed by atoms with Crippen LogP contribution < -0.4 is 0 Å². The largest absolute Gasteiger partial charge is 0.375 e. The summed E-state index contributed by atoms with van der Waals surface area (Å²) >= 11 is 0. The maximum Gasteiger partial charge on any atom is 0.0656 e. The molecule has 0 aromatic rings. The molecule has 1 aliphatic heterocycles. The Morgan fingerprint density at radius 1 is 1.71 bits per heavy atom. The van der Waals surface area contributed by atoms with Gasteiger partial charge in [0.2, 0.25) is 0 Å². The Morgan fingerprint density at radius 2 is 2.43 bits per heavy atom. The first-order chi connectivity index (χ1) is 3.21. The lowest BCUT2D eigenvalue weighted by molar-refractivity contribution is 0.0589. The van der Waals surface area contributed by atoms with Gasteiger partial charge in [0.25, 0.3) is 0 Å². The zero-order valence-electron chi connectivity index (χ0n) is 4.74. The van der Waals surface area contributed by atoms with E-state index < -0.39 is 0 Å². The van der Waals surface area contributed by atoms with Crippen molar-refractivity contribution in [2.24, 2.45) is 0 Å². The third-order valence-corrected chi connectivity index (χ3v) is 1.30. The summed E-state index contributed by atoms with van der Waals surface area (Å²) in [4.78, 5) is 0. The van der Waals surface area contributed by atoms with Crippen molar-refractivity contribution in [1.29, 1.82) is 0 Å². The molecule has 0 spiro atoms. The van der Waals surface area contributed by atoms with Gasteiger partial charge in [-0.2, -0.15) is 0 Å². The van der Waals surface area contributed by atoms with Crippen LogP contribution in [-0.4, -0.2) is 12.2 Å². The van der Waals surface area contributed by atoms with E-state index in [9.17, 15) is 0 Å². The zero-order chi connectivity index (χ0) is 5.33. The molecule has 1 rings (SSSR count). The summed E-state index contributed by atoms with van der Waals surface area (Å²) in [5.41, 5.74) is -0.0556. The number of hydrogen-bond acceptors (Lipinski definition) is 1. The van der Waals surface area contributed by atoms with Crippen LogP contribution >= 0.6 is 0 Å². The van der Waals surface area contributed by atoms with E-state index in [1.807, 2.05) is 6.92 Å². The van der Waals surface area contributed by atoms with Gasteiger partial charge in [-0.25, -0.2) is 0 Å². The molecule has 0 bridgehead atoms. The van der Waals surface area contributed by atoms with Crippen LogP contribution in [0.25, 0.3) is 0 Å². The van der Waals surface area contributed by atoms with Crippen molar-refractivity contribution in [2.45, 2.75) is 25.4 Å². The van der Waals surface area contributed by atoms with Crippen molar-refractivity contribution in [3.63, 3.8) is 0 Å². The van der Waals surface area contributed by atoms with Gasteiger partial charge in [-0.05, 0) is 26.7 Å². The highest BCUT2D eigenvalue weighted by Crippen LogP contribution is 2.22. The van der Waals surface area contributed by atoms with E-state index in [2.05, 4.69) is 6.92 Å². The van der Waals surface area contributed by atoms with Gasteiger partial charge in [0.15, 0.2) is 0 Å². The zero-order valence-corrected chi connectivity index (χ0v) is 4.74. The number of hydrogen-bond donors (Lipinski definition) is 0. The lowest BCUT2D eigenvalue weighted by atomic mass is 10.1. The van der Waals surface area contributed by atoms with Crippen molar-refractivity contribution in [3.05, 3.63) is 6.92 Å². The molecule has 0 saturated carbocycles. The molecule has 1 nitrogen and oxygen atoms in total. The summed E-state index contributed by atoms with van der Waals surface area (Å²) in [6.45, 7) is 6.78. The molecule has 0 aromatic heterocycles. The van der Waals surface area contributed by atoms with E-state index in [1.165, 1.54) is 6.42 Å². The second-order valence-corrected chi connectivity index (χ2v) is 2.40. The average Bonchev–Trinajstić information content (AvgIpc) is 1.84. The van der Waals surface area contributed by atoms with E-state index in [0.717, 1.165) is 13.0 Å². The molecule has 1 aliphatic rings. The van der Waals surface area contributed by atoms with Crippen LogP contribution in [0.15, 0.2) is 0 Å². The van der Waals surface area contributed by atoms with Gasteiger partial charge in [-0.15, -0.1) is 0 Å². The van der Waals surface area contributed by atoms with Crippen LogP contribution in [0.3, 0.4) is 0 Å². The van der Waals surface area contributed by atoms with Gasteiger partial charge in [0.05, 0.1) is 5.60 Å². The first kappa shape index (κ1) is 5.10. The maximum absolute atomic E-state index is 5.23. The summed E-state index contributed by atoms with van der Waals surface area (Å²) in [7, 11) is 0. The Kier molecular flexibility index (Phi) is 1.08. The molecular weight excluding hydrogens is 88.1 g/mol. The van der Waals surface area contributed by atoms with Crippen LogP contribution in [-0.2, 0) is 4.74 Å². The predicted molar refractivity (Wildman–Crippen MR) is 28.9 cm³/mol. The van der Waals surface area contributed by atoms with Gasteiger partial charge in [-0.3, -0.25) is 0 Å². The standard InChI is InChI=1S/C6H11O/c1-6(2)4-3-5-7-6/h1,3-5H2,2H3. The van der Waals surface area contributed by atoms with Crippen molar-refractivity contribution in [1.82, 2.24) is 0 Å². The Labute approximate surface area is 44.7 Å². The highest BCUT2D eigenvalue weighted by molar-refractivity contribution is 4.81. The fourth-order valence-electron chi connectivity index (χ4n) is 0.837. The molecule has 0 aliphatic carbocycles. The highest BCUT2D eigenvalue weighted by atomic mass is 16.5. The molecular formula is C6H11O. The minimum Gasteiger partial charge on any atom is -0.375 e. The Balaban J connectivity index is 2.40. The van der Waals surface area contributed by atoms with Crippen molar-refractivity contribution in [3.8, 4) is 0 Å². The third-order valence-electron chi connectivity index (χ3n) is 1.30. The van der Waals surface area contributed by atoms with Crippen LogP contribution in [0.2, 0.25) is 0 Å². The van der Waals surface area contributed by atoms with Gasteiger partial charge in [-0.1, -0.05) is 0 Å². The first-order valence-corrected chi connectivity index (χ1v) is 2.70. The molecule has 0 N–H and O–H groups in total. The Hall–Kier alpha value is -0.0400. The molecule has 1 unspecified atom stereocenters. The SMILES string of the molecule is [CH2]C1(C)CCCO1. The van der Waals surface area contributed by atoms with E-state index in [0.29, 0.717) is 0 Å². The fourth-order valence-corrected chi connectivity index (χ4v) is 0.837. The van der Waals surface area contributed by atoms with E-state index in [-0.39, 0.29) is 5.60 Å². The van der Waals surface area contributed by atoms with Gasteiger partial charge < -0.3 is 4.74 Å². The normalized spacial score (nSPS) is 28.3. The van der Waals surface area contributed by atoms with Gasteiger partial charge in [0, 0.05) is 6.61 Å². The van der Waals surface area contributed by atoms with E-state index in [4.69, 9.17) is 4.74 Å². The van der Waals surface area contributed by atoms with Crippen molar-refractivity contribution < 1.29 is 4.74 Å². The summed E-state index contributed by atoms with van der Waals surface area (Å²) in [5, 5.41) is 0. The lowest BCUT2D eigenvalue weighted by Gasteiger charge is -2.14. The molecule has 1 fully saturated rings. The predicted octanol–water partition coefficient (Wildman–Crippen LogP) is 1.39. The van der Waals surface area contributed by atoms with Crippen LogP contribution in [0.5, 0.6) is 0 Å². The summed E-state index contributed by atoms with van der Waals surface area (Å²) in [6.07, 6.45) is 2.30. The quantitative estimate of drug-likeness (QED) is 0.446. The molecule has 0 amide bonds. The maximum atomic E-state index is 5.23. The van der Waals surface area contributed by atoms with Gasteiger partial charge >= 0.3 is 0 Å². The number of rotatable bonds is 0. The summed E-state index contributed by atoms with van der Waals surface area (Å²) < 4.78 is 5.23. The molecule has 1 heterocycles. The topological polar surface area (TPSA) is 9.23 Å². The average molecular weight is 99.2 g/mol. The van der Waals surface area contributed by atoms with Crippen LogP contribution in [0, 0.1) is 6.92 Å². The summed E-state index contributed by atoms with van der Waals surface area (Å²) in [5.74, 6) is 0. The minimum atomic E-state index is -0.0556. The fraction of sp³-hybridized carbons (Fsp3) is 0.833. The third kappa shape index (κ3) is 1.16. The first-order valence-electron chi connectivity index (χ1n) is 2.70. The number of ether oxygens (including phenoxy) is 1. The van der Waals surface area contributed by atoms with E-state index >= 15 is 0 Å². The summed E-state index contributed by atoms with van der Waals surface area (Å²) in [6, 6.07) is 0. The van der Waals surface area contributed by atoms with Crippen LogP contribution in [0.4, 0.5) is 0 Å². The van der Waals surface area contributed by atoms with Crippen molar-refractivity contribution >= 4 is 0 Å². The molecule has 0 aromatic carbocycles. The monoisotopic (exact) mass is 99.1 g/mol. The smallest absolute Gasteiger partial charge is 0.0656 e. The molecule has 1 radical (unpaired) electrons. The molecule has 41 valence electrons. The second-order valence-electron chi connectivity index (χ2n) is 2.40. The highest BCUT2D eigenvalue weighted by Gasteiger charge is 2.22. The van der Waals surface area contributed by atoms with Gasteiger partial charge in [0.1, 0.15) is 0 Å². The molecule has 1 saturated heterocycles. The lowest BCUT2D eigenvalue weighted by Crippen LogP contribution is -2.16.